The summed E-state index contributed by atoms with van der Waals surface area (Å²) >= 11 is 1.64. The molecule has 1 aliphatic heterocycles. The Labute approximate surface area is 139 Å². The zero-order chi connectivity index (χ0) is 16.2. The maximum Gasteiger partial charge on any atom is 0.225 e. The minimum absolute atomic E-state index is 0.0177. The fourth-order valence-corrected chi connectivity index (χ4v) is 3.41. The molecule has 0 aliphatic carbocycles. The quantitative estimate of drug-likeness (QED) is 0.638. The number of hydrogen-bond acceptors (Lipinski definition) is 6. The predicted molar refractivity (Wildman–Crippen MR) is 92.2 cm³/mol. The highest BCUT2D eigenvalue weighted by atomic mass is 32.1. The molecule has 0 saturated carbocycles. The van der Waals surface area contributed by atoms with Crippen molar-refractivity contribution >= 4 is 29.1 Å². The lowest BCUT2D eigenvalue weighted by Gasteiger charge is -2.26. The molecule has 0 atom stereocenters. The van der Waals surface area contributed by atoms with Gasteiger partial charge < -0.3 is 9.64 Å². The molecule has 2 aromatic heterocycles. The molecule has 6 heteroatoms. The van der Waals surface area contributed by atoms with Crippen LogP contribution >= 0.6 is 11.3 Å². The number of carbonyl (C=O) groups is 1. The smallest absolute Gasteiger partial charge is 0.225 e. The Balaban J connectivity index is 1.67. The Morgan fingerprint density at radius 3 is 2.57 bits per heavy atom. The van der Waals surface area contributed by atoms with Gasteiger partial charge in [-0.05, 0) is 32.1 Å². The molecular formula is C17H19N3O2S. The first-order valence-corrected chi connectivity index (χ1v) is 8.39. The van der Waals surface area contributed by atoms with Crippen molar-refractivity contribution in [3.05, 3.63) is 45.4 Å². The van der Waals surface area contributed by atoms with Gasteiger partial charge in [0.1, 0.15) is 0 Å². The molecule has 1 aliphatic rings. The molecule has 120 valence electrons. The van der Waals surface area contributed by atoms with E-state index >= 15 is 0 Å². The van der Waals surface area contributed by atoms with Gasteiger partial charge >= 0.3 is 0 Å². The van der Waals surface area contributed by atoms with Gasteiger partial charge in [0, 0.05) is 46.4 Å². The maximum absolute atomic E-state index is 12.2. The lowest BCUT2D eigenvalue weighted by molar-refractivity contribution is 0.104. The van der Waals surface area contributed by atoms with Crippen LogP contribution in [0.5, 0.6) is 0 Å². The van der Waals surface area contributed by atoms with E-state index in [1.165, 1.54) is 0 Å². The first kappa shape index (κ1) is 15.8. The number of aryl methyl sites for hydroxylation is 2. The summed E-state index contributed by atoms with van der Waals surface area (Å²) in [5.41, 5.74) is 1.59. The molecule has 5 nitrogen and oxygen atoms in total. The van der Waals surface area contributed by atoms with Crippen LogP contribution in [0.25, 0.3) is 6.08 Å². The molecule has 0 unspecified atom stereocenters. The van der Waals surface area contributed by atoms with E-state index in [0.717, 1.165) is 34.0 Å². The van der Waals surface area contributed by atoms with Crippen LogP contribution < -0.4 is 4.90 Å². The summed E-state index contributed by atoms with van der Waals surface area (Å²) in [6.45, 7) is 7.02. The van der Waals surface area contributed by atoms with Crippen molar-refractivity contribution in [2.45, 2.75) is 13.8 Å². The summed E-state index contributed by atoms with van der Waals surface area (Å²) < 4.78 is 5.32. The second-order valence-electron chi connectivity index (χ2n) is 5.44. The third-order valence-electron chi connectivity index (χ3n) is 3.69. The Morgan fingerprint density at radius 1 is 1.26 bits per heavy atom. The zero-order valence-corrected chi connectivity index (χ0v) is 14.1. The van der Waals surface area contributed by atoms with E-state index in [1.54, 1.807) is 35.9 Å². The van der Waals surface area contributed by atoms with E-state index in [2.05, 4.69) is 14.9 Å². The van der Waals surface area contributed by atoms with Crippen LogP contribution in [-0.4, -0.2) is 42.1 Å². The Kier molecular flexibility index (Phi) is 4.83. The second kappa shape index (κ2) is 7.02. The van der Waals surface area contributed by atoms with Crippen molar-refractivity contribution in [1.29, 1.82) is 0 Å². The Morgan fingerprint density at radius 2 is 1.96 bits per heavy atom. The van der Waals surface area contributed by atoms with Gasteiger partial charge in [-0.2, -0.15) is 0 Å². The van der Waals surface area contributed by atoms with E-state index in [9.17, 15) is 4.79 Å². The molecule has 0 spiro atoms. The molecule has 1 saturated heterocycles. The molecule has 0 N–H and O–H groups in total. The van der Waals surface area contributed by atoms with Gasteiger partial charge in [0.25, 0.3) is 0 Å². The lowest BCUT2D eigenvalue weighted by atomic mass is 10.1. The SMILES string of the molecule is Cc1cc(C(=O)C=Cc2cnc(N3CCOCC3)nc2)c(C)s1. The third kappa shape index (κ3) is 3.83. The van der Waals surface area contributed by atoms with Crippen molar-refractivity contribution in [3.63, 3.8) is 0 Å². The molecule has 3 rings (SSSR count). The molecule has 0 aromatic carbocycles. The maximum atomic E-state index is 12.2. The largest absolute Gasteiger partial charge is 0.378 e. The van der Waals surface area contributed by atoms with Crippen LogP contribution in [-0.2, 0) is 4.74 Å². The van der Waals surface area contributed by atoms with Gasteiger partial charge in [-0.3, -0.25) is 4.79 Å². The zero-order valence-electron chi connectivity index (χ0n) is 13.3. The summed E-state index contributed by atoms with van der Waals surface area (Å²) in [4.78, 5) is 25.3. The fraction of sp³-hybridized carbons (Fsp3) is 0.353. The van der Waals surface area contributed by atoms with Crippen molar-refractivity contribution < 1.29 is 9.53 Å². The van der Waals surface area contributed by atoms with Crippen molar-refractivity contribution in [2.24, 2.45) is 0 Å². The molecule has 0 amide bonds. The summed E-state index contributed by atoms with van der Waals surface area (Å²) in [6.07, 6.45) is 6.83. The van der Waals surface area contributed by atoms with Gasteiger partial charge in [0.15, 0.2) is 5.78 Å². The topological polar surface area (TPSA) is 55.3 Å². The summed E-state index contributed by atoms with van der Waals surface area (Å²) in [5, 5.41) is 0. The highest BCUT2D eigenvalue weighted by Crippen LogP contribution is 2.21. The molecule has 2 aromatic rings. The number of nitrogens with zero attached hydrogens (tertiary/aromatic N) is 3. The molecule has 1 fully saturated rings. The monoisotopic (exact) mass is 329 g/mol. The van der Waals surface area contributed by atoms with Gasteiger partial charge in [-0.25, -0.2) is 9.97 Å². The number of carbonyl (C=O) groups excluding carboxylic acids is 1. The highest BCUT2D eigenvalue weighted by Gasteiger charge is 2.13. The molecule has 0 radical (unpaired) electrons. The van der Waals surface area contributed by atoms with Crippen LogP contribution in [0.4, 0.5) is 5.95 Å². The van der Waals surface area contributed by atoms with Crippen molar-refractivity contribution in [1.82, 2.24) is 9.97 Å². The first-order chi connectivity index (χ1) is 11.1. The van der Waals surface area contributed by atoms with E-state index < -0.39 is 0 Å². The number of thiophene rings is 1. The summed E-state index contributed by atoms with van der Waals surface area (Å²) in [7, 11) is 0. The number of allylic oxidation sites excluding steroid dienone is 1. The van der Waals surface area contributed by atoms with Gasteiger partial charge in [0.2, 0.25) is 5.95 Å². The normalized spacial score (nSPS) is 15.3. The van der Waals surface area contributed by atoms with Crippen molar-refractivity contribution in [3.8, 4) is 0 Å². The standard InChI is InChI=1S/C17H19N3O2S/c1-12-9-15(13(2)23-12)16(21)4-3-14-10-18-17(19-11-14)20-5-7-22-8-6-20/h3-4,9-11H,5-8H2,1-2H3. The van der Waals surface area contributed by atoms with E-state index in [-0.39, 0.29) is 5.78 Å². The number of ketones is 1. The lowest BCUT2D eigenvalue weighted by Crippen LogP contribution is -2.37. The second-order valence-corrected chi connectivity index (χ2v) is 6.90. The molecule has 3 heterocycles. The van der Waals surface area contributed by atoms with E-state index in [1.807, 2.05) is 19.9 Å². The number of ether oxygens (including phenoxy) is 1. The summed E-state index contributed by atoms with van der Waals surface area (Å²) in [6, 6.07) is 1.94. The number of morpholine rings is 1. The van der Waals surface area contributed by atoms with Crippen LogP contribution in [0.2, 0.25) is 0 Å². The average molecular weight is 329 g/mol. The van der Waals surface area contributed by atoms with Crippen molar-refractivity contribution in [2.75, 3.05) is 31.2 Å². The Hall–Kier alpha value is -2.05. The summed E-state index contributed by atoms with van der Waals surface area (Å²) in [5.74, 6) is 0.727. The number of rotatable bonds is 4. The Bertz CT molecular complexity index is 716. The number of aromatic nitrogens is 2. The van der Waals surface area contributed by atoms with Crippen LogP contribution in [0, 0.1) is 13.8 Å². The molecule has 23 heavy (non-hydrogen) atoms. The molecule has 0 bridgehead atoms. The van der Waals surface area contributed by atoms with Crippen LogP contribution in [0.3, 0.4) is 0 Å². The molecular weight excluding hydrogens is 310 g/mol. The number of hydrogen-bond donors (Lipinski definition) is 0. The van der Waals surface area contributed by atoms with Gasteiger partial charge in [-0.1, -0.05) is 0 Å². The van der Waals surface area contributed by atoms with E-state index in [0.29, 0.717) is 19.2 Å². The highest BCUT2D eigenvalue weighted by molar-refractivity contribution is 7.12. The minimum atomic E-state index is 0.0177. The van der Waals surface area contributed by atoms with Crippen LogP contribution in [0.1, 0.15) is 25.7 Å². The van der Waals surface area contributed by atoms with Crippen LogP contribution in [0.15, 0.2) is 24.5 Å². The van der Waals surface area contributed by atoms with Gasteiger partial charge in [0.05, 0.1) is 13.2 Å². The fourth-order valence-electron chi connectivity index (χ4n) is 2.48. The number of anilines is 1. The van der Waals surface area contributed by atoms with E-state index in [4.69, 9.17) is 4.74 Å². The minimum Gasteiger partial charge on any atom is -0.378 e. The average Bonchev–Trinajstić information content (AvgIpc) is 2.92. The third-order valence-corrected chi connectivity index (χ3v) is 4.65. The predicted octanol–water partition coefficient (Wildman–Crippen LogP) is 2.89. The first-order valence-electron chi connectivity index (χ1n) is 7.57. The van der Waals surface area contributed by atoms with Gasteiger partial charge in [-0.15, -0.1) is 11.3 Å².